The van der Waals surface area contributed by atoms with Crippen LogP contribution in [0.4, 0.5) is 8.78 Å². The third-order valence-electron chi connectivity index (χ3n) is 3.07. The summed E-state index contributed by atoms with van der Waals surface area (Å²) in [5.41, 5.74) is 0.860. The molecular formula is C13H9BF2N2O2. The molecule has 0 amide bonds. The molecule has 0 aliphatic carbocycles. The minimum Gasteiger partial charge on any atom is -0.423 e. The largest absolute Gasteiger partial charge is 0.492 e. The third kappa shape index (κ3) is 1.88. The molecular weight excluding hydrogens is 265 g/mol. The number of pyridine rings is 1. The van der Waals surface area contributed by atoms with Crippen molar-refractivity contribution in [2.75, 3.05) is 0 Å². The number of benzene rings is 1. The van der Waals surface area contributed by atoms with Crippen LogP contribution in [0.3, 0.4) is 0 Å². The molecule has 1 aromatic carbocycles. The van der Waals surface area contributed by atoms with E-state index in [4.69, 9.17) is 0 Å². The summed E-state index contributed by atoms with van der Waals surface area (Å²) < 4.78 is 28.6. The summed E-state index contributed by atoms with van der Waals surface area (Å²) in [6.45, 7) is 0. The zero-order valence-corrected chi connectivity index (χ0v) is 10.2. The van der Waals surface area contributed by atoms with E-state index in [0.29, 0.717) is 5.69 Å². The molecule has 2 aromatic heterocycles. The van der Waals surface area contributed by atoms with Gasteiger partial charge in [-0.25, -0.2) is 13.8 Å². The first-order valence-corrected chi connectivity index (χ1v) is 5.86. The monoisotopic (exact) mass is 274 g/mol. The van der Waals surface area contributed by atoms with Gasteiger partial charge < -0.3 is 10.0 Å². The molecule has 0 saturated heterocycles. The maximum Gasteiger partial charge on any atom is 0.492 e. The van der Waals surface area contributed by atoms with Crippen LogP contribution in [0.5, 0.6) is 0 Å². The summed E-state index contributed by atoms with van der Waals surface area (Å²) >= 11 is 0. The Morgan fingerprint density at radius 1 is 1.10 bits per heavy atom. The van der Waals surface area contributed by atoms with Gasteiger partial charge in [0, 0.05) is 17.2 Å². The van der Waals surface area contributed by atoms with Gasteiger partial charge >= 0.3 is 7.12 Å². The second-order valence-corrected chi connectivity index (χ2v) is 4.28. The molecule has 0 bridgehead atoms. The molecule has 7 heteroatoms. The molecule has 2 heterocycles. The van der Waals surface area contributed by atoms with Gasteiger partial charge in [0.15, 0.2) is 11.6 Å². The molecule has 0 radical (unpaired) electrons. The second-order valence-electron chi connectivity index (χ2n) is 4.28. The zero-order valence-electron chi connectivity index (χ0n) is 10.2. The van der Waals surface area contributed by atoms with Gasteiger partial charge in [-0.05, 0) is 18.2 Å². The van der Waals surface area contributed by atoms with E-state index in [-0.39, 0.29) is 16.7 Å². The van der Waals surface area contributed by atoms with Gasteiger partial charge in [-0.2, -0.15) is 0 Å². The Balaban J connectivity index is 2.28. The van der Waals surface area contributed by atoms with Crippen LogP contribution in [0.25, 0.3) is 16.9 Å². The first-order valence-electron chi connectivity index (χ1n) is 5.86. The van der Waals surface area contributed by atoms with Crippen molar-refractivity contribution < 1.29 is 18.8 Å². The van der Waals surface area contributed by atoms with Crippen molar-refractivity contribution in [2.24, 2.45) is 0 Å². The van der Waals surface area contributed by atoms with Crippen LogP contribution >= 0.6 is 0 Å². The van der Waals surface area contributed by atoms with Crippen molar-refractivity contribution in [3.05, 3.63) is 54.4 Å². The lowest BCUT2D eigenvalue weighted by Crippen LogP contribution is -2.31. The van der Waals surface area contributed by atoms with Crippen LogP contribution < -0.4 is 5.46 Å². The molecule has 0 unspecified atom stereocenters. The smallest absolute Gasteiger partial charge is 0.423 e. The van der Waals surface area contributed by atoms with Gasteiger partial charge in [0.1, 0.15) is 5.65 Å². The standard InChI is InChI=1S/C13H9BF2N2O2/c15-10-5-1-3-8(12(10)16)11-7-17-13-9(14(19)20)4-2-6-18(11)13/h1-7,19-20H. The molecule has 3 aromatic rings. The molecule has 4 nitrogen and oxygen atoms in total. The van der Waals surface area contributed by atoms with Crippen LogP contribution in [-0.2, 0) is 0 Å². The maximum atomic E-state index is 13.8. The Hall–Kier alpha value is -2.25. The second kappa shape index (κ2) is 4.70. The minimum atomic E-state index is -1.69. The lowest BCUT2D eigenvalue weighted by Gasteiger charge is -2.06. The van der Waals surface area contributed by atoms with Gasteiger partial charge in [-0.3, -0.25) is 4.40 Å². The molecule has 0 aliphatic heterocycles. The lowest BCUT2D eigenvalue weighted by molar-refractivity contribution is 0.426. The molecule has 0 spiro atoms. The van der Waals surface area contributed by atoms with Crippen LogP contribution in [-0.4, -0.2) is 26.6 Å². The van der Waals surface area contributed by atoms with Gasteiger partial charge in [0.05, 0.1) is 11.9 Å². The zero-order chi connectivity index (χ0) is 14.3. The molecule has 20 heavy (non-hydrogen) atoms. The summed E-state index contributed by atoms with van der Waals surface area (Å²) in [5, 5.41) is 18.5. The Kier molecular flexibility index (Phi) is 3.00. The Morgan fingerprint density at radius 3 is 2.65 bits per heavy atom. The van der Waals surface area contributed by atoms with Gasteiger partial charge in [-0.1, -0.05) is 12.1 Å². The van der Waals surface area contributed by atoms with E-state index in [9.17, 15) is 18.8 Å². The van der Waals surface area contributed by atoms with Gasteiger partial charge in [-0.15, -0.1) is 0 Å². The van der Waals surface area contributed by atoms with Crippen LogP contribution in [0.2, 0.25) is 0 Å². The van der Waals surface area contributed by atoms with Gasteiger partial charge in [0.2, 0.25) is 0 Å². The van der Waals surface area contributed by atoms with Crippen molar-refractivity contribution in [3.8, 4) is 11.3 Å². The summed E-state index contributed by atoms with van der Waals surface area (Å²) in [6, 6.07) is 6.94. The summed E-state index contributed by atoms with van der Waals surface area (Å²) in [7, 11) is -1.69. The fraction of sp³-hybridized carbons (Fsp3) is 0. The number of hydrogen-bond acceptors (Lipinski definition) is 3. The van der Waals surface area contributed by atoms with E-state index in [1.807, 2.05) is 0 Å². The number of fused-ring (bicyclic) bond motifs is 1. The van der Waals surface area contributed by atoms with Crippen molar-refractivity contribution in [2.45, 2.75) is 0 Å². The summed E-state index contributed by atoms with van der Waals surface area (Å²) in [4.78, 5) is 4.04. The Labute approximate surface area is 113 Å². The fourth-order valence-electron chi connectivity index (χ4n) is 2.14. The predicted molar refractivity (Wildman–Crippen MR) is 70.4 cm³/mol. The van der Waals surface area contributed by atoms with E-state index >= 15 is 0 Å². The molecule has 0 saturated carbocycles. The maximum absolute atomic E-state index is 13.8. The normalized spacial score (nSPS) is 11.0. The van der Waals surface area contributed by atoms with E-state index in [1.54, 1.807) is 12.3 Å². The highest BCUT2D eigenvalue weighted by Crippen LogP contribution is 2.24. The van der Waals surface area contributed by atoms with E-state index in [2.05, 4.69) is 4.98 Å². The highest BCUT2D eigenvalue weighted by atomic mass is 19.2. The van der Waals surface area contributed by atoms with E-state index in [0.717, 1.165) is 6.07 Å². The third-order valence-corrected chi connectivity index (χ3v) is 3.07. The summed E-state index contributed by atoms with van der Waals surface area (Å²) in [5.74, 6) is -1.92. The van der Waals surface area contributed by atoms with Crippen LogP contribution in [0.1, 0.15) is 0 Å². The average molecular weight is 274 g/mol. The molecule has 3 rings (SSSR count). The van der Waals surface area contributed by atoms with Crippen LogP contribution in [0, 0.1) is 11.6 Å². The number of nitrogens with zero attached hydrogens (tertiary/aromatic N) is 2. The Morgan fingerprint density at radius 2 is 1.90 bits per heavy atom. The van der Waals surface area contributed by atoms with E-state index < -0.39 is 18.8 Å². The molecule has 2 N–H and O–H groups in total. The fourth-order valence-corrected chi connectivity index (χ4v) is 2.14. The lowest BCUT2D eigenvalue weighted by atomic mass is 9.81. The average Bonchev–Trinajstić information content (AvgIpc) is 2.85. The van der Waals surface area contributed by atoms with Crippen LogP contribution in [0.15, 0.2) is 42.7 Å². The molecule has 100 valence electrons. The molecule has 0 atom stereocenters. The predicted octanol–water partition coefficient (Wildman–Crippen LogP) is 0.959. The van der Waals surface area contributed by atoms with E-state index in [1.165, 1.54) is 28.8 Å². The topological polar surface area (TPSA) is 57.8 Å². The van der Waals surface area contributed by atoms with Crippen molar-refractivity contribution in [1.29, 1.82) is 0 Å². The number of halogens is 2. The van der Waals surface area contributed by atoms with Crippen molar-refractivity contribution in [1.82, 2.24) is 9.38 Å². The highest BCUT2D eigenvalue weighted by molar-refractivity contribution is 6.60. The molecule has 0 aliphatic rings. The number of aromatic nitrogens is 2. The quantitative estimate of drug-likeness (QED) is 0.684. The summed E-state index contributed by atoms with van der Waals surface area (Å²) in [6.07, 6.45) is 2.95. The van der Waals surface area contributed by atoms with Gasteiger partial charge in [0.25, 0.3) is 0 Å². The molecule has 0 fully saturated rings. The van der Waals surface area contributed by atoms with Crippen molar-refractivity contribution in [3.63, 3.8) is 0 Å². The SMILES string of the molecule is OB(O)c1cccn2c(-c3cccc(F)c3F)cnc12. The first-order chi connectivity index (χ1) is 9.59. The minimum absolute atomic E-state index is 0.0575. The first kappa shape index (κ1) is 12.8. The number of imidazole rings is 1. The Bertz CT molecular complexity index is 789. The van der Waals surface area contributed by atoms with Crippen molar-refractivity contribution >= 4 is 18.2 Å². The number of hydrogen-bond donors (Lipinski definition) is 2. The highest BCUT2D eigenvalue weighted by Gasteiger charge is 2.19. The number of rotatable bonds is 2.